The number of rotatable bonds is 3. The molecule has 0 bridgehead atoms. The molecule has 2 saturated heterocycles. The molecule has 1 atom stereocenters. The Labute approximate surface area is 125 Å². The van der Waals surface area contributed by atoms with E-state index in [4.69, 9.17) is 9.84 Å². The summed E-state index contributed by atoms with van der Waals surface area (Å²) < 4.78 is 5.45. The molecule has 1 N–H and O–H groups in total. The highest BCUT2D eigenvalue weighted by Crippen LogP contribution is 2.27. The number of aromatic carboxylic acids is 1. The molecule has 1 aromatic rings. The van der Waals surface area contributed by atoms with E-state index in [-0.39, 0.29) is 0 Å². The van der Waals surface area contributed by atoms with Gasteiger partial charge in [0.15, 0.2) is 0 Å². The minimum absolute atomic E-state index is 0.346. The number of morpholine rings is 1. The molecule has 114 valence electrons. The summed E-state index contributed by atoms with van der Waals surface area (Å²) in [6.45, 7) is 4.61. The average Bonchev–Trinajstić information content (AvgIpc) is 2.56. The molecule has 2 aliphatic rings. The number of carboxylic acids is 1. The van der Waals surface area contributed by atoms with E-state index in [1.165, 1.54) is 19.3 Å². The standard InChI is InChI=1S/C16H22N2O3/c19-16(20)13-4-6-14(7-5-13)18-8-2-1-3-15(18)17-9-11-21-12-10-17/h4-7,15H,1-3,8-12H2,(H,19,20). The number of nitrogens with zero attached hydrogens (tertiary/aromatic N) is 2. The van der Waals surface area contributed by atoms with Gasteiger partial charge in [0.1, 0.15) is 0 Å². The Morgan fingerprint density at radius 3 is 2.48 bits per heavy atom. The second-order valence-electron chi connectivity index (χ2n) is 5.67. The third kappa shape index (κ3) is 3.19. The Kier molecular flexibility index (Phi) is 4.41. The minimum atomic E-state index is -0.870. The van der Waals surface area contributed by atoms with Crippen molar-refractivity contribution in [3.05, 3.63) is 29.8 Å². The molecule has 1 unspecified atom stereocenters. The molecule has 0 aromatic heterocycles. The first-order valence-electron chi connectivity index (χ1n) is 7.67. The van der Waals surface area contributed by atoms with Crippen LogP contribution in [0.4, 0.5) is 5.69 Å². The van der Waals surface area contributed by atoms with Gasteiger partial charge in [-0.15, -0.1) is 0 Å². The molecule has 0 radical (unpaired) electrons. The van der Waals surface area contributed by atoms with Crippen LogP contribution in [0.1, 0.15) is 29.6 Å². The summed E-state index contributed by atoms with van der Waals surface area (Å²) in [4.78, 5) is 15.9. The van der Waals surface area contributed by atoms with Crippen LogP contribution in [0, 0.1) is 0 Å². The SMILES string of the molecule is O=C(O)c1ccc(N2CCCCC2N2CCOCC2)cc1. The maximum Gasteiger partial charge on any atom is 0.335 e. The van der Waals surface area contributed by atoms with E-state index in [1.54, 1.807) is 12.1 Å². The summed E-state index contributed by atoms with van der Waals surface area (Å²) >= 11 is 0. The van der Waals surface area contributed by atoms with Crippen molar-refractivity contribution < 1.29 is 14.6 Å². The number of hydrogen-bond acceptors (Lipinski definition) is 4. The van der Waals surface area contributed by atoms with Gasteiger partial charge in [0.25, 0.3) is 0 Å². The number of carbonyl (C=O) groups is 1. The summed E-state index contributed by atoms with van der Waals surface area (Å²) in [5, 5.41) is 9.01. The summed E-state index contributed by atoms with van der Waals surface area (Å²) in [5.41, 5.74) is 1.47. The molecule has 0 spiro atoms. The predicted octanol–water partition coefficient (Wildman–Crippen LogP) is 2.03. The topological polar surface area (TPSA) is 53.0 Å². The van der Waals surface area contributed by atoms with Gasteiger partial charge in [-0.1, -0.05) is 0 Å². The summed E-state index contributed by atoms with van der Waals surface area (Å²) in [7, 11) is 0. The van der Waals surface area contributed by atoms with Gasteiger partial charge in [-0.3, -0.25) is 4.90 Å². The number of carboxylic acid groups (broad SMARTS) is 1. The maximum atomic E-state index is 11.0. The fourth-order valence-corrected chi connectivity index (χ4v) is 3.27. The molecule has 2 aliphatic heterocycles. The summed E-state index contributed by atoms with van der Waals surface area (Å²) in [6.07, 6.45) is 4.03. The van der Waals surface area contributed by atoms with Gasteiger partial charge in [-0.25, -0.2) is 4.79 Å². The quantitative estimate of drug-likeness (QED) is 0.923. The highest BCUT2D eigenvalue weighted by atomic mass is 16.5. The molecule has 1 aromatic carbocycles. The second-order valence-corrected chi connectivity index (χ2v) is 5.67. The van der Waals surface area contributed by atoms with Crippen LogP contribution in [0.2, 0.25) is 0 Å². The van der Waals surface area contributed by atoms with E-state index in [0.717, 1.165) is 38.5 Å². The molecule has 5 nitrogen and oxygen atoms in total. The van der Waals surface area contributed by atoms with E-state index < -0.39 is 5.97 Å². The fourth-order valence-electron chi connectivity index (χ4n) is 3.27. The van der Waals surface area contributed by atoms with Crippen LogP contribution >= 0.6 is 0 Å². The molecular weight excluding hydrogens is 268 g/mol. The first-order valence-corrected chi connectivity index (χ1v) is 7.67. The minimum Gasteiger partial charge on any atom is -0.478 e. The normalized spacial score (nSPS) is 24.0. The lowest BCUT2D eigenvalue weighted by Gasteiger charge is -2.45. The van der Waals surface area contributed by atoms with Crippen LogP contribution in [0.25, 0.3) is 0 Å². The highest BCUT2D eigenvalue weighted by molar-refractivity contribution is 5.88. The van der Waals surface area contributed by atoms with E-state index in [1.807, 2.05) is 12.1 Å². The smallest absolute Gasteiger partial charge is 0.335 e. The van der Waals surface area contributed by atoms with Gasteiger partial charge in [-0.2, -0.15) is 0 Å². The van der Waals surface area contributed by atoms with Crippen molar-refractivity contribution in [3.63, 3.8) is 0 Å². The Hall–Kier alpha value is -1.59. The second kappa shape index (κ2) is 6.45. The first-order chi connectivity index (χ1) is 10.3. The molecular formula is C16H22N2O3. The van der Waals surface area contributed by atoms with Crippen molar-refractivity contribution >= 4 is 11.7 Å². The molecule has 5 heteroatoms. The number of hydrogen-bond donors (Lipinski definition) is 1. The Balaban J connectivity index is 1.78. The monoisotopic (exact) mass is 290 g/mol. The first kappa shape index (κ1) is 14.4. The number of benzene rings is 1. The van der Waals surface area contributed by atoms with Crippen molar-refractivity contribution in [2.24, 2.45) is 0 Å². The van der Waals surface area contributed by atoms with Crippen LogP contribution in [0.3, 0.4) is 0 Å². The van der Waals surface area contributed by atoms with E-state index in [0.29, 0.717) is 11.7 Å². The number of anilines is 1. The van der Waals surface area contributed by atoms with Gasteiger partial charge in [0, 0.05) is 25.3 Å². The van der Waals surface area contributed by atoms with Crippen LogP contribution in [0.5, 0.6) is 0 Å². The fraction of sp³-hybridized carbons (Fsp3) is 0.562. The van der Waals surface area contributed by atoms with Crippen molar-refractivity contribution in [2.75, 3.05) is 37.7 Å². The van der Waals surface area contributed by atoms with Crippen molar-refractivity contribution in [2.45, 2.75) is 25.4 Å². The largest absolute Gasteiger partial charge is 0.478 e. The van der Waals surface area contributed by atoms with Crippen molar-refractivity contribution in [1.82, 2.24) is 4.90 Å². The number of ether oxygens (including phenoxy) is 1. The molecule has 2 heterocycles. The van der Waals surface area contributed by atoms with Crippen molar-refractivity contribution in [1.29, 1.82) is 0 Å². The Morgan fingerprint density at radius 2 is 1.81 bits per heavy atom. The van der Waals surface area contributed by atoms with Crippen LogP contribution < -0.4 is 4.90 Å². The molecule has 21 heavy (non-hydrogen) atoms. The Bertz CT molecular complexity index is 483. The van der Waals surface area contributed by atoms with E-state index >= 15 is 0 Å². The van der Waals surface area contributed by atoms with Gasteiger partial charge < -0.3 is 14.7 Å². The lowest BCUT2D eigenvalue weighted by Crippen LogP contribution is -2.54. The molecule has 2 fully saturated rings. The maximum absolute atomic E-state index is 11.0. The molecule has 0 aliphatic carbocycles. The van der Waals surface area contributed by atoms with Crippen LogP contribution in [-0.4, -0.2) is 55.0 Å². The third-order valence-electron chi connectivity index (χ3n) is 4.38. The van der Waals surface area contributed by atoms with Gasteiger partial charge in [0.2, 0.25) is 0 Å². The van der Waals surface area contributed by atoms with E-state index in [2.05, 4.69) is 9.80 Å². The van der Waals surface area contributed by atoms with Crippen molar-refractivity contribution in [3.8, 4) is 0 Å². The Morgan fingerprint density at radius 1 is 1.10 bits per heavy atom. The summed E-state index contributed by atoms with van der Waals surface area (Å²) in [5.74, 6) is -0.870. The van der Waals surface area contributed by atoms with Gasteiger partial charge in [-0.05, 0) is 43.5 Å². The zero-order chi connectivity index (χ0) is 14.7. The summed E-state index contributed by atoms with van der Waals surface area (Å²) in [6, 6.07) is 7.26. The predicted molar refractivity (Wildman–Crippen MR) is 80.8 cm³/mol. The number of piperidine rings is 1. The van der Waals surface area contributed by atoms with Crippen LogP contribution in [0.15, 0.2) is 24.3 Å². The lowest BCUT2D eigenvalue weighted by atomic mass is 10.0. The van der Waals surface area contributed by atoms with E-state index in [9.17, 15) is 4.79 Å². The highest BCUT2D eigenvalue weighted by Gasteiger charge is 2.29. The average molecular weight is 290 g/mol. The lowest BCUT2D eigenvalue weighted by molar-refractivity contribution is 0.0107. The molecule has 0 amide bonds. The third-order valence-corrected chi connectivity index (χ3v) is 4.38. The molecule has 3 rings (SSSR count). The van der Waals surface area contributed by atoms with Crippen LogP contribution in [-0.2, 0) is 4.74 Å². The van der Waals surface area contributed by atoms with Gasteiger partial charge >= 0.3 is 5.97 Å². The zero-order valence-corrected chi connectivity index (χ0v) is 12.2. The molecule has 0 saturated carbocycles. The zero-order valence-electron chi connectivity index (χ0n) is 12.2. The van der Waals surface area contributed by atoms with Gasteiger partial charge in [0.05, 0.1) is 24.9 Å².